The molecule has 1 rings (SSSR count). The molecule has 1 aliphatic heterocycles. The van der Waals surface area contributed by atoms with Gasteiger partial charge in [-0.3, -0.25) is 4.79 Å². The molecule has 0 aromatic rings. The summed E-state index contributed by atoms with van der Waals surface area (Å²) in [6, 6.07) is 0. The number of carbonyl (C=O) groups is 1. The number of hydrogen-bond acceptors (Lipinski definition) is 6. The van der Waals surface area contributed by atoms with Gasteiger partial charge < -0.3 is 24.4 Å². The first-order valence-corrected chi connectivity index (χ1v) is 6.18. The Kier molecular flexibility index (Phi) is 5.49. The predicted molar refractivity (Wildman–Crippen MR) is 67.2 cm³/mol. The maximum absolute atomic E-state index is 11.9. The number of hydrogen-bond donors (Lipinski definition) is 2. The zero-order valence-corrected chi connectivity index (χ0v) is 11.5. The molecule has 0 aromatic carbocycles. The molecule has 110 valence electrons. The topological polar surface area (TPSA) is 85.2 Å². The summed E-state index contributed by atoms with van der Waals surface area (Å²) in [6.45, 7) is 8.71. The van der Waals surface area contributed by atoms with E-state index in [0.717, 1.165) is 0 Å². The molecule has 0 amide bonds. The van der Waals surface area contributed by atoms with Crippen LogP contribution in [0.3, 0.4) is 0 Å². The van der Waals surface area contributed by atoms with Crippen LogP contribution in [0.5, 0.6) is 0 Å². The molecule has 1 saturated heterocycles. The SMILES string of the molecule is C=CCO[C@H]1OC[C@@H](O)[C@H](O)[C@H]1OC(=O)C(C)(C)C. The van der Waals surface area contributed by atoms with Crippen molar-refractivity contribution in [3.63, 3.8) is 0 Å². The third kappa shape index (κ3) is 4.28. The lowest BCUT2D eigenvalue weighted by molar-refractivity contribution is -0.274. The van der Waals surface area contributed by atoms with Crippen LogP contribution in [-0.4, -0.2) is 54.0 Å². The summed E-state index contributed by atoms with van der Waals surface area (Å²) < 4.78 is 15.7. The predicted octanol–water partition coefficient (Wildman–Crippen LogP) is 0.225. The van der Waals surface area contributed by atoms with Crippen molar-refractivity contribution < 1.29 is 29.2 Å². The lowest BCUT2D eigenvalue weighted by atomic mass is 9.96. The molecule has 6 heteroatoms. The number of carbonyl (C=O) groups excluding carboxylic acids is 1. The summed E-state index contributed by atoms with van der Waals surface area (Å²) in [7, 11) is 0. The van der Waals surface area contributed by atoms with Crippen LogP contribution in [0.2, 0.25) is 0 Å². The average Bonchev–Trinajstić information content (AvgIpc) is 2.32. The van der Waals surface area contributed by atoms with Gasteiger partial charge in [0.25, 0.3) is 0 Å². The quantitative estimate of drug-likeness (QED) is 0.563. The van der Waals surface area contributed by atoms with Crippen LogP contribution < -0.4 is 0 Å². The number of esters is 1. The zero-order chi connectivity index (χ0) is 14.6. The summed E-state index contributed by atoms with van der Waals surface area (Å²) >= 11 is 0. The van der Waals surface area contributed by atoms with Crippen molar-refractivity contribution in [2.24, 2.45) is 5.41 Å². The normalized spacial score (nSPS) is 31.8. The van der Waals surface area contributed by atoms with Crippen LogP contribution in [0.1, 0.15) is 20.8 Å². The molecule has 0 unspecified atom stereocenters. The second kappa shape index (κ2) is 6.47. The highest BCUT2D eigenvalue weighted by Gasteiger charge is 2.43. The number of aliphatic hydroxyl groups is 2. The van der Waals surface area contributed by atoms with Gasteiger partial charge in [-0.05, 0) is 20.8 Å². The third-order valence-corrected chi connectivity index (χ3v) is 2.66. The molecule has 0 spiro atoms. The van der Waals surface area contributed by atoms with Gasteiger partial charge in [0.2, 0.25) is 0 Å². The van der Waals surface area contributed by atoms with Crippen LogP contribution >= 0.6 is 0 Å². The second-order valence-electron chi connectivity index (χ2n) is 5.50. The van der Waals surface area contributed by atoms with Crippen LogP contribution in [0, 0.1) is 5.41 Å². The maximum atomic E-state index is 11.9. The van der Waals surface area contributed by atoms with E-state index in [9.17, 15) is 15.0 Å². The molecule has 0 radical (unpaired) electrons. The summed E-state index contributed by atoms with van der Waals surface area (Å²) in [5.41, 5.74) is -0.717. The standard InChI is InChI=1S/C13H22O6/c1-5-6-17-11-10(9(15)8(14)7-18-11)19-12(16)13(2,3)4/h5,8-11,14-15H,1,6-7H2,2-4H3/t8-,9+,10-,11+/m1/s1. The fourth-order valence-electron chi connectivity index (χ4n) is 1.50. The zero-order valence-electron chi connectivity index (χ0n) is 11.5. The van der Waals surface area contributed by atoms with Gasteiger partial charge in [-0.1, -0.05) is 6.08 Å². The Hall–Kier alpha value is -0.950. The van der Waals surface area contributed by atoms with Gasteiger partial charge >= 0.3 is 5.97 Å². The van der Waals surface area contributed by atoms with Gasteiger partial charge in [0.05, 0.1) is 18.6 Å². The summed E-state index contributed by atoms with van der Waals surface area (Å²) in [6.07, 6.45) is -2.81. The molecule has 0 bridgehead atoms. The molecule has 2 N–H and O–H groups in total. The number of rotatable bonds is 4. The highest BCUT2D eigenvalue weighted by molar-refractivity contribution is 5.75. The summed E-state index contributed by atoms with van der Waals surface area (Å²) in [5.74, 6) is -0.499. The number of ether oxygens (including phenoxy) is 3. The van der Waals surface area contributed by atoms with E-state index in [0.29, 0.717) is 0 Å². The minimum Gasteiger partial charge on any atom is -0.454 e. The van der Waals surface area contributed by atoms with Gasteiger partial charge in [-0.2, -0.15) is 0 Å². The minimum atomic E-state index is -1.24. The van der Waals surface area contributed by atoms with Gasteiger partial charge in [-0.15, -0.1) is 6.58 Å². The second-order valence-corrected chi connectivity index (χ2v) is 5.50. The van der Waals surface area contributed by atoms with E-state index >= 15 is 0 Å². The monoisotopic (exact) mass is 274 g/mol. The molecule has 1 aliphatic rings. The molecule has 4 atom stereocenters. The lowest BCUT2D eigenvalue weighted by Gasteiger charge is -2.38. The summed E-state index contributed by atoms with van der Waals surface area (Å²) in [5, 5.41) is 19.5. The molecule has 6 nitrogen and oxygen atoms in total. The fourth-order valence-corrected chi connectivity index (χ4v) is 1.50. The first-order valence-electron chi connectivity index (χ1n) is 6.18. The first kappa shape index (κ1) is 16.1. The van der Waals surface area contributed by atoms with Gasteiger partial charge in [-0.25, -0.2) is 0 Å². The van der Waals surface area contributed by atoms with E-state index in [1.54, 1.807) is 20.8 Å². The van der Waals surface area contributed by atoms with Crippen LogP contribution in [0.4, 0.5) is 0 Å². The smallest absolute Gasteiger partial charge is 0.311 e. The van der Waals surface area contributed by atoms with Gasteiger partial charge in [0, 0.05) is 0 Å². The van der Waals surface area contributed by atoms with Crippen molar-refractivity contribution >= 4 is 5.97 Å². The molecule has 19 heavy (non-hydrogen) atoms. The van der Waals surface area contributed by atoms with Crippen molar-refractivity contribution in [2.75, 3.05) is 13.2 Å². The molecular formula is C13H22O6. The van der Waals surface area contributed by atoms with E-state index < -0.39 is 36.0 Å². The highest BCUT2D eigenvalue weighted by atomic mass is 16.7. The van der Waals surface area contributed by atoms with E-state index in [1.165, 1.54) is 6.08 Å². The minimum absolute atomic E-state index is 0.0768. The Morgan fingerprint density at radius 2 is 2.11 bits per heavy atom. The van der Waals surface area contributed by atoms with E-state index in [4.69, 9.17) is 14.2 Å². The van der Waals surface area contributed by atoms with Gasteiger partial charge in [0.1, 0.15) is 12.2 Å². The Morgan fingerprint density at radius 3 is 2.63 bits per heavy atom. The lowest BCUT2D eigenvalue weighted by Crippen LogP contribution is -2.56. The van der Waals surface area contributed by atoms with E-state index in [-0.39, 0.29) is 13.2 Å². The van der Waals surface area contributed by atoms with Crippen molar-refractivity contribution in [3.8, 4) is 0 Å². The fraction of sp³-hybridized carbons (Fsp3) is 0.769. The van der Waals surface area contributed by atoms with Crippen molar-refractivity contribution in [1.82, 2.24) is 0 Å². The average molecular weight is 274 g/mol. The molecule has 0 aliphatic carbocycles. The first-order chi connectivity index (χ1) is 8.77. The third-order valence-electron chi connectivity index (χ3n) is 2.66. The van der Waals surface area contributed by atoms with Crippen molar-refractivity contribution in [1.29, 1.82) is 0 Å². The van der Waals surface area contributed by atoms with Crippen molar-refractivity contribution in [2.45, 2.75) is 45.4 Å². The molecule has 1 heterocycles. The van der Waals surface area contributed by atoms with Crippen LogP contribution in [0.15, 0.2) is 12.7 Å². The van der Waals surface area contributed by atoms with Crippen molar-refractivity contribution in [3.05, 3.63) is 12.7 Å². The van der Waals surface area contributed by atoms with E-state index in [2.05, 4.69) is 6.58 Å². The molecular weight excluding hydrogens is 252 g/mol. The Balaban J connectivity index is 2.75. The Bertz CT molecular complexity index is 322. The van der Waals surface area contributed by atoms with Crippen LogP contribution in [0.25, 0.3) is 0 Å². The largest absolute Gasteiger partial charge is 0.454 e. The Morgan fingerprint density at radius 1 is 1.47 bits per heavy atom. The Labute approximate surface area is 113 Å². The highest BCUT2D eigenvalue weighted by Crippen LogP contribution is 2.24. The number of aliphatic hydroxyl groups excluding tert-OH is 2. The molecule has 0 aromatic heterocycles. The van der Waals surface area contributed by atoms with Gasteiger partial charge in [0.15, 0.2) is 12.4 Å². The molecule has 1 fully saturated rings. The summed E-state index contributed by atoms with van der Waals surface area (Å²) in [4.78, 5) is 11.9. The van der Waals surface area contributed by atoms with Crippen LogP contribution in [-0.2, 0) is 19.0 Å². The molecule has 0 saturated carbocycles. The van der Waals surface area contributed by atoms with E-state index in [1.807, 2.05) is 0 Å². The maximum Gasteiger partial charge on any atom is 0.311 e.